The fraction of sp³-hybridized carbons (Fsp3) is 0.261. The highest BCUT2D eigenvalue weighted by molar-refractivity contribution is 5.79. The van der Waals surface area contributed by atoms with Crippen molar-refractivity contribution in [3.63, 3.8) is 0 Å². The van der Waals surface area contributed by atoms with Crippen LogP contribution in [0.3, 0.4) is 0 Å². The molecule has 2 atom stereocenters. The summed E-state index contributed by atoms with van der Waals surface area (Å²) in [6, 6.07) is 10.9. The molecule has 0 aliphatic carbocycles. The molecular weight excluding hydrogens is 402 g/mol. The van der Waals surface area contributed by atoms with Crippen molar-refractivity contribution in [2.75, 3.05) is 7.11 Å². The minimum atomic E-state index is -1.61. The van der Waals surface area contributed by atoms with Gasteiger partial charge in [-0.05, 0) is 29.5 Å². The number of hydrogen-bond acceptors (Lipinski definition) is 5. The Morgan fingerprint density at radius 3 is 2.58 bits per heavy atom. The van der Waals surface area contributed by atoms with Gasteiger partial charge >= 0.3 is 0 Å². The number of allylic oxidation sites excluding steroid dienone is 1. The normalized spacial score (nSPS) is 14.7. The van der Waals surface area contributed by atoms with Crippen molar-refractivity contribution in [2.24, 2.45) is 11.1 Å². The standard InChI is InChI=1S/C23H24F2N4O2/c1-17(4-3-5-18-6-8-19(9-7-18)13-28-31-2)23(30,14-29-16-26-15-27-29)21-11-10-20(24)12-22(21)25/h3,5-13,15-17,30H,4,14H2,1-2H3/b5-3+,28-13?/t17-,23+/m0/s1. The van der Waals surface area contributed by atoms with Gasteiger partial charge in [-0.2, -0.15) is 5.10 Å². The Labute approximate surface area is 179 Å². The molecule has 0 saturated carbocycles. The summed E-state index contributed by atoms with van der Waals surface area (Å²) < 4.78 is 29.4. The molecule has 3 rings (SSSR count). The van der Waals surface area contributed by atoms with Crippen molar-refractivity contribution < 1.29 is 18.7 Å². The molecule has 0 spiro atoms. The largest absolute Gasteiger partial charge is 0.399 e. The molecule has 1 aromatic heterocycles. The van der Waals surface area contributed by atoms with Crippen molar-refractivity contribution in [3.8, 4) is 0 Å². The zero-order chi connectivity index (χ0) is 22.3. The van der Waals surface area contributed by atoms with Crippen LogP contribution >= 0.6 is 0 Å². The highest BCUT2D eigenvalue weighted by Crippen LogP contribution is 2.35. The van der Waals surface area contributed by atoms with E-state index in [9.17, 15) is 13.9 Å². The molecule has 8 heteroatoms. The second-order valence-corrected chi connectivity index (χ2v) is 7.26. The molecule has 1 heterocycles. The van der Waals surface area contributed by atoms with Gasteiger partial charge in [-0.3, -0.25) is 0 Å². The number of halogens is 2. The summed E-state index contributed by atoms with van der Waals surface area (Å²) in [6.07, 6.45) is 8.68. The summed E-state index contributed by atoms with van der Waals surface area (Å²) >= 11 is 0. The maximum Gasteiger partial charge on any atom is 0.137 e. The van der Waals surface area contributed by atoms with Gasteiger partial charge in [-0.15, -0.1) is 0 Å². The SMILES string of the molecule is CON=Cc1ccc(/C=C/C[C@H](C)[C@](O)(Cn2cncn2)c2ccc(F)cc2F)cc1. The van der Waals surface area contributed by atoms with E-state index in [0.717, 1.165) is 23.3 Å². The summed E-state index contributed by atoms with van der Waals surface area (Å²) in [5.74, 6) is -1.90. The van der Waals surface area contributed by atoms with E-state index in [1.54, 1.807) is 6.21 Å². The smallest absolute Gasteiger partial charge is 0.137 e. The van der Waals surface area contributed by atoms with Crippen LogP contribution < -0.4 is 0 Å². The number of hydrogen-bond donors (Lipinski definition) is 1. The van der Waals surface area contributed by atoms with Gasteiger partial charge in [-0.1, -0.05) is 54.6 Å². The van der Waals surface area contributed by atoms with Crippen LogP contribution in [0.4, 0.5) is 8.78 Å². The van der Waals surface area contributed by atoms with Gasteiger partial charge in [0.2, 0.25) is 0 Å². The maximum atomic E-state index is 14.6. The minimum Gasteiger partial charge on any atom is -0.399 e. The van der Waals surface area contributed by atoms with E-state index < -0.39 is 23.2 Å². The fourth-order valence-corrected chi connectivity index (χ4v) is 3.32. The Bertz CT molecular complexity index is 1040. The molecule has 31 heavy (non-hydrogen) atoms. The zero-order valence-electron chi connectivity index (χ0n) is 17.3. The molecule has 0 saturated heterocycles. The van der Waals surface area contributed by atoms with Gasteiger partial charge in [0, 0.05) is 11.6 Å². The average Bonchev–Trinajstić information content (AvgIpc) is 3.25. The zero-order valence-corrected chi connectivity index (χ0v) is 17.3. The summed E-state index contributed by atoms with van der Waals surface area (Å²) in [6.45, 7) is 1.80. The van der Waals surface area contributed by atoms with Gasteiger partial charge in [0.25, 0.3) is 0 Å². The fourth-order valence-electron chi connectivity index (χ4n) is 3.32. The van der Waals surface area contributed by atoms with E-state index in [1.165, 1.54) is 30.5 Å². The molecular formula is C23H24F2N4O2. The molecule has 0 radical (unpaired) electrons. The van der Waals surface area contributed by atoms with Crippen LogP contribution in [0.25, 0.3) is 6.08 Å². The van der Waals surface area contributed by atoms with Crippen molar-refractivity contribution in [2.45, 2.75) is 25.5 Å². The number of aromatic nitrogens is 3. The predicted octanol–water partition coefficient (Wildman–Crippen LogP) is 4.16. The third kappa shape index (κ3) is 5.61. The van der Waals surface area contributed by atoms with Crippen LogP contribution in [-0.4, -0.2) is 33.2 Å². The minimum absolute atomic E-state index is 0.0158. The first-order valence-electron chi connectivity index (χ1n) is 9.76. The van der Waals surface area contributed by atoms with Gasteiger partial charge in [0.05, 0.1) is 12.8 Å². The van der Waals surface area contributed by atoms with Crippen molar-refractivity contribution in [1.82, 2.24) is 14.8 Å². The van der Waals surface area contributed by atoms with Crippen LogP contribution in [0.15, 0.2) is 66.4 Å². The van der Waals surface area contributed by atoms with E-state index in [4.69, 9.17) is 0 Å². The Morgan fingerprint density at radius 2 is 1.94 bits per heavy atom. The Hall–Kier alpha value is -3.39. The Balaban J connectivity index is 1.79. The van der Waals surface area contributed by atoms with E-state index in [-0.39, 0.29) is 12.1 Å². The van der Waals surface area contributed by atoms with Crippen LogP contribution in [0.2, 0.25) is 0 Å². The predicted molar refractivity (Wildman–Crippen MR) is 114 cm³/mol. The maximum absolute atomic E-state index is 14.6. The number of nitrogens with zero attached hydrogens (tertiary/aromatic N) is 4. The highest BCUT2D eigenvalue weighted by Gasteiger charge is 2.38. The van der Waals surface area contributed by atoms with Crippen molar-refractivity contribution >= 4 is 12.3 Å². The summed E-state index contributed by atoms with van der Waals surface area (Å²) in [7, 11) is 1.48. The molecule has 0 aliphatic rings. The second kappa shape index (κ2) is 10.1. The number of benzene rings is 2. The van der Waals surface area contributed by atoms with Crippen LogP contribution in [0, 0.1) is 17.6 Å². The van der Waals surface area contributed by atoms with Crippen molar-refractivity contribution in [3.05, 3.63) is 89.5 Å². The molecule has 162 valence electrons. The van der Waals surface area contributed by atoms with Crippen LogP contribution in [0.5, 0.6) is 0 Å². The molecule has 2 aromatic carbocycles. The lowest BCUT2D eigenvalue weighted by molar-refractivity contribution is -0.0379. The van der Waals surface area contributed by atoms with E-state index in [1.807, 2.05) is 43.3 Å². The van der Waals surface area contributed by atoms with Crippen molar-refractivity contribution in [1.29, 1.82) is 0 Å². The molecule has 0 bridgehead atoms. The lowest BCUT2D eigenvalue weighted by Gasteiger charge is -2.34. The highest BCUT2D eigenvalue weighted by atomic mass is 19.1. The van der Waals surface area contributed by atoms with Crippen LogP contribution in [-0.2, 0) is 17.0 Å². The van der Waals surface area contributed by atoms with E-state index in [2.05, 4.69) is 20.1 Å². The van der Waals surface area contributed by atoms with Crippen LogP contribution in [0.1, 0.15) is 30.0 Å². The lowest BCUT2D eigenvalue weighted by atomic mass is 9.80. The van der Waals surface area contributed by atoms with Gasteiger partial charge in [-0.25, -0.2) is 18.4 Å². The second-order valence-electron chi connectivity index (χ2n) is 7.26. The van der Waals surface area contributed by atoms with E-state index in [0.29, 0.717) is 6.42 Å². The third-order valence-corrected chi connectivity index (χ3v) is 5.13. The molecule has 0 aliphatic heterocycles. The molecule has 1 N–H and O–H groups in total. The molecule has 0 unspecified atom stereocenters. The third-order valence-electron chi connectivity index (χ3n) is 5.13. The summed E-state index contributed by atoms with van der Waals surface area (Å²) in [5.41, 5.74) is 0.277. The summed E-state index contributed by atoms with van der Waals surface area (Å²) in [5, 5.41) is 19.2. The molecule has 6 nitrogen and oxygen atoms in total. The molecule has 0 amide bonds. The molecule has 0 fully saturated rings. The number of oxime groups is 1. The Kier molecular flexibility index (Phi) is 7.25. The first-order valence-corrected chi connectivity index (χ1v) is 9.76. The average molecular weight is 426 g/mol. The van der Waals surface area contributed by atoms with Gasteiger partial charge in [0.1, 0.15) is 37.0 Å². The lowest BCUT2D eigenvalue weighted by Crippen LogP contribution is -2.39. The number of rotatable bonds is 9. The first-order chi connectivity index (χ1) is 14.9. The molecule has 3 aromatic rings. The Morgan fingerprint density at radius 1 is 1.19 bits per heavy atom. The number of aliphatic hydroxyl groups is 1. The monoisotopic (exact) mass is 426 g/mol. The van der Waals surface area contributed by atoms with Gasteiger partial charge in [0.15, 0.2) is 0 Å². The quantitative estimate of drug-likeness (QED) is 0.412. The van der Waals surface area contributed by atoms with Gasteiger partial charge < -0.3 is 9.94 Å². The summed E-state index contributed by atoms with van der Waals surface area (Å²) in [4.78, 5) is 8.54. The van der Waals surface area contributed by atoms with E-state index >= 15 is 0 Å². The topological polar surface area (TPSA) is 72.5 Å². The first kappa shape index (κ1) is 22.3.